The summed E-state index contributed by atoms with van der Waals surface area (Å²) in [6.07, 6.45) is 0. The van der Waals surface area contributed by atoms with Gasteiger partial charge in [-0.1, -0.05) is 6.07 Å². The highest BCUT2D eigenvalue weighted by Gasteiger charge is 2.33. The number of aryl methyl sites for hydroxylation is 1. The number of rotatable bonds is 3. The van der Waals surface area contributed by atoms with Gasteiger partial charge < -0.3 is 0 Å². The zero-order valence-corrected chi connectivity index (χ0v) is 14.1. The van der Waals surface area contributed by atoms with Crippen LogP contribution >= 0.6 is 0 Å². The summed E-state index contributed by atoms with van der Waals surface area (Å²) in [4.78, 5) is 0. The van der Waals surface area contributed by atoms with Crippen molar-refractivity contribution in [1.29, 1.82) is 0 Å². The Kier molecular flexibility index (Phi) is 5.19. The van der Waals surface area contributed by atoms with E-state index in [9.17, 15) is 35.1 Å². The first-order chi connectivity index (χ1) is 13.1. The van der Waals surface area contributed by atoms with Gasteiger partial charge in [0.15, 0.2) is 23.3 Å². The van der Waals surface area contributed by atoms with E-state index in [0.29, 0.717) is 18.2 Å². The number of hydrogen-bond donors (Lipinski definition) is 0. The third-order valence-corrected chi connectivity index (χ3v) is 4.25. The first-order valence-corrected chi connectivity index (χ1v) is 7.84. The molecule has 0 unspecified atom stereocenters. The molecule has 0 nitrogen and oxygen atoms in total. The highest BCUT2D eigenvalue weighted by Crippen LogP contribution is 2.14. The van der Waals surface area contributed by atoms with Crippen LogP contribution in [0.15, 0.2) is 36.4 Å². The van der Waals surface area contributed by atoms with Crippen molar-refractivity contribution in [3.8, 4) is 0 Å². The molecule has 28 heavy (non-hydrogen) atoms. The molecule has 3 rings (SSSR count). The van der Waals surface area contributed by atoms with Crippen LogP contribution in [0.4, 0.5) is 35.1 Å². The first-order valence-electron chi connectivity index (χ1n) is 7.84. The maximum atomic E-state index is 14.5. The minimum absolute atomic E-state index is 0.157. The largest absolute Gasteiger partial charge is 0.253 e. The topological polar surface area (TPSA) is 0 Å². The lowest BCUT2D eigenvalue weighted by molar-refractivity contribution is 0.498. The van der Waals surface area contributed by atoms with Gasteiger partial charge in [0, 0.05) is 18.2 Å². The highest BCUT2D eigenvalue weighted by molar-refractivity contribution is 6.95. The molecule has 0 atom stereocenters. The Morgan fingerprint density at radius 1 is 0.500 bits per heavy atom. The molecule has 0 aliphatic rings. The SMILES string of the molecule is Cc1cc(B(c2cc(F)cc(F)c2F)c2cc(F)cc(F)c2F)c(F)cc1F. The van der Waals surface area contributed by atoms with E-state index >= 15 is 0 Å². The summed E-state index contributed by atoms with van der Waals surface area (Å²) in [5, 5.41) is 0. The maximum Gasteiger partial charge on any atom is 0.253 e. The van der Waals surface area contributed by atoms with Crippen molar-refractivity contribution in [1.82, 2.24) is 0 Å². The van der Waals surface area contributed by atoms with E-state index in [4.69, 9.17) is 0 Å². The van der Waals surface area contributed by atoms with Crippen molar-refractivity contribution in [2.75, 3.05) is 0 Å². The fourth-order valence-electron chi connectivity index (χ4n) is 2.98. The predicted octanol–water partition coefficient (Wildman–Crippen LogP) is 3.62. The molecule has 0 amide bonds. The standard InChI is InChI=1S/C19H9BF8/c1-8-2-11(15(24)7-14(8)23)20(12-3-9(21)5-16(25)18(12)27)13-4-10(22)6-17(26)19(13)28/h2-7H,1H3. The minimum Gasteiger partial charge on any atom is -0.207 e. The van der Waals surface area contributed by atoms with E-state index < -0.39 is 69.6 Å². The van der Waals surface area contributed by atoms with Gasteiger partial charge in [0.05, 0.1) is 0 Å². The third kappa shape index (κ3) is 3.48. The number of benzene rings is 3. The maximum absolute atomic E-state index is 14.5. The zero-order chi connectivity index (χ0) is 20.7. The van der Waals surface area contributed by atoms with Crippen LogP contribution in [0.2, 0.25) is 0 Å². The van der Waals surface area contributed by atoms with E-state index in [1.165, 1.54) is 6.92 Å². The van der Waals surface area contributed by atoms with Gasteiger partial charge in [0.1, 0.15) is 23.3 Å². The van der Waals surface area contributed by atoms with Crippen molar-refractivity contribution >= 4 is 23.1 Å². The molecule has 0 saturated carbocycles. The Morgan fingerprint density at radius 2 is 0.964 bits per heavy atom. The molecule has 0 aliphatic heterocycles. The predicted molar refractivity (Wildman–Crippen MR) is 88.4 cm³/mol. The van der Waals surface area contributed by atoms with Crippen molar-refractivity contribution in [2.45, 2.75) is 6.92 Å². The molecule has 9 heteroatoms. The van der Waals surface area contributed by atoms with Gasteiger partial charge in [-0.15, -0.1) is 0 Å². The Hall–Kier alpha value is -2.84. The molecule has 0 aromatic heterocycles. The molecule has 3 aromatic rings. The highest BCUT2D eigenvalue weighted by atomic mass is 19.2. The number of halogens is 8. The van der Waals surface area contributed by atoms with Crippen LogP contribution in [-0.4, -0.2) is 6.71 Å². The molecule has 0 spiro atoms. The molecule has 144 valence electrons. The summed E-state index contributed by atoms with van der Waals surface area (Å²) < 4.78 is 112. The lowest BCUT2D eigenvalue weighted by Crippen LogP contribution is -2.56. The van der Waals surface area contributed by atoms with Crippen LogP contribution in [0.5, 0.6) is 0 Å². The Balaban J connectivity index is 2.42. The van der Waals surface area contributed by atoms with Crippen LogP contribution in [0.25, 0.3) is 0 Å². The van der Waals surface area contributed by atoms with E-state index in [-0.39, 0.29) is 17.7 Å². The van der Waals surface area contributed by atoms with Gasteiger partial charge in [-0.2, -0.15) is 0 Å². The van der Waals surface area contributed by atoms with Gasteiger partial charge in [0.2, 0.25) is 0 Å². The molecule has 0 aliphatic carbocycles. The molecule has 3 aromatic carbocycles. The van der Waals surface area contributed by atoms with E-state index in [2.05, 4.69) is 0 Å². The third-order valence-electron chi connectivity index (χ3n) is 4.25. The summed E-state index contributed by atoms with van der Waals surface area (Å²) in [5.41, 5.74) is -2.60. The monoisotopic (exact) mass is 400 g/mol. The minimum atomic E-state index is -1.99. The van der Waals surface area contributed by atoms with Crippen molar-refractivity contribution in [3.05, 3.63) is 88.5 Å². The van der Waals surface area contributed by atoms with Crippen molar-refractivity contribution in [3.63, 3.8) is 0 Å². The van der Waals surface area contributed by atoms with E-state index in [1.54, 1.807) is 0 Å². The Labute approximate surface area is 154 Å². The fourth-order valence-corrected chi connectivity index (χ4v) is 2.98. The zero-order valence-electron chi connectivity index (χ0n) is 14.1. The number of hydrogen-bond acceptors (Lipinski definition) is 0. The summed E-state index contributed by atoms with van der Waals surface area (Å²) in [7, 11) is 0. The fraction of sp³-hybridized carbons (Fsp3) is 0.0526. The van der Waals surface area contributed by atoms with Gasteiger partial charge >= 0.3 is 0 Å². The van der Waals surface area contributed by atoms with Gasteiger partial charge in [-0.05, 0) is 41.0 Å². The molecule has 0 saturated heterocycles. The normalized spacial score (nSPS) is 11.0. The molecule has 0 bridgehead atoms. The Bertz CT molecular complexity index is 1020. The molecular formula is C19H9BF8. The van der Waals surface area contributed by atoms with Crippen LogP contribution in [0.1, 0.15) is 5.56 Å². The summed E-state index contributed by atoms with van der Waals surface area (Å²) in [5.74, 6) is -11.6. The van der Waals surface area contributed by atoms with Crippen molar-refractivity contribution < 1.29 is 35.1 Å². The molecule has 0 heterocycles. The second-order valence-corrected chi connectivity index (χ2v) is 6.14. The van der Waals surface area contributed by atoms with Crippen LogP contribution in [0.3, 0.4) is 0 Å². The van der Waals surface area contributed by atoms with E-state index in [0.717, 1.165) is 6.07 Å². The van der Waals surface area contributed by atoms with Crippen LogP contribution < -0.4 is 16.4 Å². The lowest BCUT2D eigenvalue weighted by atomic mass is 9.36. The molecule has 0 N–H and O–H groups in total. The summed E-state index contributed by atoms with van der Waals surface area (Å²) in [6, 6.07) is 2.54. The summed E-state index contributed by atoms with van der Waals surface area (Å²) in [6.45, 7) is -0.782. The molecule has 0 radical (unpaired) electrons. The van der Waals surface area contributed by atoms with E-state index in [1.807, 2.05) is 0 Å². The van der Waals surface area contributed by atoms with Crippen LogP contribution in [-0.2, 0) is 0 Å². The van der Waals surface area contributed by atoms with Gasteiger partial charge in [-0.25, -0.2) is 35.1 Å². The second kappa shape index (κ2) is 7.29. The first kappa shape index (κ1) is 19.9. The van der Waals surface area contributed by atoms with Gasteiger partial charge in [0.25, 0.3) is 6.71 Å². The Morgan fingerprint density at radius 3 is 1.43 bits per heavy atom. The second-order valence-electron chi connectivity index (χ2n) is 6.14. The van der Waals surface area contributed by atoms with Crippen molar-refractivity contribution in [2.24, 2.45) is 0 Å². The quantitative estimate of drug-likeness (QED) is 0.358. The molecular weight excluding hydrogens is 391 g/mol. The lowest BCUT2D eigenvalue weighted by Gasteiger charge is -2.19. The average molecular weight is 400 g/mol. The average Bonchev–Trinajstić information content (AvgIpc) is 2.60. The molecule has 0 fully saturated rings. The van der Waals surface area contributed by atoms with Gasteiger partial charge in [-0.3, -0.25) is 0 Å². The summed E-state index contributed by atoms with van der Waals surface area (Å²) >= 11 is 0. The smallest absolute Gasteiger partial charge is 0.207 e. The van der Waals surface area contributed by atoms with Crippen LogP contribution in [0, 0.1) is 53.5 Å².